The Kier molecular flexibility index (Phi) is 8.55. The topological polar surface area (TPSA) is 106 Å². The Morgan fingerprint density at radius 2 is 2.09 bits per heavy atom. The lowest BCUT2D eigenvalue weighted by Crippen LogP contribution is -2.40. The average Bonchev–Trinajstić information content (AvgIpc) is 2.78. The summed E-state index contributed by atoms with van der Waals surface area (Å²) in [6.45, 7) is 6.64. The summed E-state index contributed by atoms with van der Waals surface area (Å²) < 4.78 is 10.5. The van der Waals surface area contributed by atoms with E-state index >= 15 is 0 Å². The number of nitrogens with zero attached hydrogens (tertiary/aromatic N) is 2. The molecule has 1 unspecified atom stereocenters. The second-order valence-corrected chi connectivity index (χ2v) is 7.83. The molecule has 9 heteroatoms. The Balaban J connectivity index is 1.60. The number of methoxy groups -OCH3 is 1. The van der Waals surface area contributed by atoms with E-state index in [1.807, 2.05) is 12.1 Å². The van der Waals surface area contributed by atoms with Gasteiger partial charge in [-0.2, -0.15) is 0 Å². The van der Waals surface area contributed by atoms with Gasteiger partial charge in [0.15, 0.2) is 0 Å². The van der Waals surface area contributed by atoms with Crippen molar-refractivity contribution < 1.29 is 19.2 Å². The third-order valence-corrected chi connectivity index (χ3v) is 5.25. The maximum Gasteiger partial charge on any atom is 0.293 e. The fraction of sp³-hybridized carbons (Fsp3) is 0.435. The molecule has 9 nitrogen and oxygen atoms in total. The third kappa shape index (κ3) is 6.74. The maximum atomic E-state index is 12.6. The minimum absolute atomic E-state index is 0.143. The highest BCUT2D eigenvalue weighted by Crippen LogP contribution is 2.25. The maximum absolute atomic E-state index is 12.6. The first kappa shape index (κ1) is 23.6. The van der Waals surface area contributed by atoms with Gasteiger partial charge < -0.3 is 20.1 Å². The van der Waals surface area contributed by atoms with Crippen LogP contribution in [-0.2, 0) is 22.6 Å². The summed E-state index contributed by atoms with van der Waals surface area (Å²) in [5.41, 5.74) is 2.61. The number of nitro groups is 1. The van der Waals surface area contributed by atoms with Crippen LogP contribution in [0.5, 0.6) is 0 Å². The van der Waals surface area contributed by atoms with Crippen LogP contribution in [0.3, 0.4) is 0 Å². The molecule has 1 amide bonds. The lowest BCUT2D eigenvalue weighted by atomic mass is 10.1. The van der Waals surface area contributed by atoms with Gasteiger partial charge in [-0.1, -0.05) is 24.3 Å². The number of nitro benzene ring substituents is 1. The van der Waals surface area contributed by atoms with Gasteiger partial charge >= 0.3 is 0 Å². The van der Waals surface area contributed by atoms with Crippen molar-refractivity contribution in [2.75, 3.05) is 45.3 Å². The smallest absolute Gasteiger partial charge is 0.293 e. The second-order valence-electron chi connectivity index (χ2n) is 7.83. The zero-order valence-corrected chi connectivity index (χ0v) is 18.5. The van der Waals surface area contributed by atoms with Gasteiger partial charge in [0.25, 0.3) is 11.6 Å². The lowest BCUT2D eigenvalue weighted by Gasteiger charge is -2.31. The van der Waals surface area contributed by atoms with Crippen LogP contribution >= 0.6 is 0 Å². The highest BCUT2D eigenvalue weighted by Gasteiger charge is 2.18. The summed E-state index contributed by atoms with van der Waals surface area (Å²) in [5.74, 6) is -0.357. The van der Waals surface area contributed by atoms with Gasteiger partial charge in [0.2, 0.25) is 0 Å². The average molecular weight is 443 g/mol. The van der Waals surface area contributed by atoms with Crippen LogP contribution in [0.4, 0.5) is 11.4 Å². The van der Waals surface area contributed by atoms with Crippen molar-refractivity contribution in [1.29, 1.82) is 0 Å². The minimum Gasteiger partial charge on any atom is -0.383 e. The van der Waals surface area contributed by atoms with Gasteiger partial charge in [-0.05, 0) is 30.2 Å². The van der Waals surface area contributed by atoms with E-state index in [9.17, 15) is 14.9 Å². The van der Waals surface area contributed by atoms with Crippen molar-refractivity contribution in [3.05, 3.63) is 69.3 Å². The number of hydrogen-bond donors (Lipinski definition) is 2. The van der Waals surface area contributed by atoms with Gasteiger partial charge in [-0.25, -0.2) is 0 Å². The molecule has 2 N–H and O–H groups in total. The summed E-state index contributed by atoms with van der Waals surface area (Å²) in [4.78, 5) is 25.9. The molecule has 1 saturated heterocycles. The summed E-state index contributed by atoms with van der Waals surface area (Å²) >= 11 is 0. The van der Waals surface area contributed by atoms with Crippen LogP contribution in [0.2, 0.25) is 0 Å². The number of amides is 1. The molecule has 1 atom stereocenters. The molecule has 0 aromatic heterocycles. The molecule has 0 saturated carbocycles. The van der Waals surface area contributed by atoms with E-state index in [2.05, 4.69) is 34.6 Å². The number of nitrogens with one attached hydrogen (secondary N) is 2. The Hall–Kier alpha value is -3.01. The quantitative estimate of drug-likeness (QED) is 0.331. The van der Waals surface area contributed by atoms with E-state index < -0.39 is 4.92 Å². The third-order valence-electron chi connectivity index (χ3n) is 5.25. The monoisotopic (exact) mass is 442 g/mol. The van der Waals surface area contributed by atoms with Crippen LogP contribution in [-0.4, -0.2) is 61.8 Å². The molecule has 0 aliphatic carbocycles. The molecule has 1 heterocycles. The first-order valence-corrected chi connectivity index (χ1v) is 10.7. The molecule has 3 rings (SSSR count). The Morgan fingerprint density at radius 3 is 2.84 bits per heavy atom. The number of ether oxygens (including phenoxy) is 2. The number of carbonyl (C=O) groups is 1. The number of benzene rings is 2. The predicted molar refractivity (Wildman–Crippen MR) is 122 cm³/mol. The normalized spacial score (nSPS) is 16.5. The Labute approximate surface area is 187 Å². The highest BCUT2D eigenvalue weighted by atomic mass is 16.6. The fourth-order valence-corrected chi connectivity index (χ4v) is 3.68. The van der Waals surface area contributed by atoms with Crippen molar-refractivity contribution in [1.82, 2.24) is 10.2 Å². The van der Waals surface area contributed by atoms with Gasteiger partial charge in [0, 0.05) is 51.5 Å². The number of hydrogen-bond acceptors (Lipinski definition) is 7. The molecule has 1 aliphatic rings. The number of rotatable bonds is 10. The van der Waals surface area contributed by atoms with Crippen molar-refractivity contribution in [2.24, 2.45) is 0 Å². The molecule has 0 radical (unpaired) electrons. The second kappa shape index (κ2) is 11.6. The fourth-order valence-electron chi connectivity index (χ4n) is 3.68. The van der Waals surface area contributed by atoms with Crippen LogP contribution in [0.1, 0.15) is 28.4 Å². The van der Waals surface area contributed by atoms with E-state index in [1.165, 1.54) is 11.6 Å². The molecule has 2 aromatic rings. The van der Waals surface area contributed by atoms with E-state index in [-0.39, 0.29) is 23.3 Å². The molecular formula is C23H30N4O5. The Bertz CT molecular complexity index is 936. The van der Waals surface area contributed by atoms with Gasteiger partial charge in [-0.3, -0.25) is 19.8 Å². The molecular weight excluding hydrogens is 412 g/mol. The van der Waals surface area contributed by atoms with Gasteiger partial charge in [0.05, 0.1) is 24.2 Å². The molecule has 0 spiro atoms. The SMILES string of the molecule is COCCNc1ccc(C(=O)NCc2cccc(CN3CCOC(C)C3)c2)cc1[N+](=O)[O-]. The van der Waals surface area contributed by atoms with Crippen LogP contribution in [0.25, 0.3) is 0 Å². The van der Waals surface area contributed by atoms with E-state index in [4.69, 9.17) is 9.47 Å². The van der Waals surface area contributed by atoms with E-state index in [0.29, 0.717) is 25.4 Å². The first-order chi connectivity index (χ1) is 15.5. The molecule has 32 heavy (non-hydrogen) atoms. The standard InChI is InChI=1S/C23H30N4O5/c1-17-15-26(9-11-32-17)16-19-5-3-4-18(12-19)14-25-23(28)20-6-7-21(24-8-10-31-2)22(13-20)27(29)30/h3-7,12-13,17,24H,8-11,14-16H2,1-2H3,(H,25,28). The van der Waals surface area contributed by atoms with Gasteiger partial charge in [-0.15, -0.1) is 0 Å². The van der Waals surface area contributed by atoms with Crippen molar-refractivity contribution >= 4 is 17.3 Å². The zero-order chi connectivity index (χ0) is 22.9. The first-order valence-electron chi connectivity index (χ1n) is 10.7. The molecule has 2 aromatic carbocycles. The minimum atomic E-state index is -0.498. The molecule has 1 aliphatic heterocycles. The van der Waals surface area contributed by atoms with Crippen LogP contribution in [0.15, 0.2) is 42.5 Å². The van der Waals surface area contributed by atoms with Crippen LogP contribution in [0, 0.1) is 10.1 Å². The number of morpholine rings is 1. The van der Waals surface area contributed by atoms with Crippen molar-refractivity contribution in [3.63, 3.8) is 0 Å². The summed E-state index contributed by atoms with van der Waals surface area (Å²) in [5, 5.41) is 17.2. The highest BCUT2D eigenvalue weighted by molar-refractivity contribution is 5.95. The number of carbonyl (C=O) groups excluding carboxylic acids is 1. The zero-order valence-electron chi connectivity index (χ0n) is 18.5. The summed E-state index contributed by atoms with van der Waals surface area (Å²) in [6, 6.07) is 12.5. The largest absolute Gasteiger partial charge is 0.383 e. The Morgan fingerprint density at radius 1 is 1.28 bits per heavy atom. The van der Waals surface area contributed by atoms with Gasteiger partial charge in [0.1, 0.15) is 5.69 Å². The molecule has 172 valence electrons. The number of anilines is 1. The summed E-state index contributed by atoms with van der Waals surface area (Å²) in [7, 11) is 1.56. The summed E-state index contributed by atoms with van der Waals surface area (Å²) in [6.07, 6.45) is 0.233. The predicted octanol–water partition coefficient (Wildman–Crippen LogP) is 2.80. The molecule has 0 bridgehead atoms. The lowest BCUT2D eigenvalue weighted by molar-refractivity contribution is -0.384. The van der Waals surface area contributed by atoms with Crippen molar-refractivity contribution in [2.45, 2.75) is 26.1 Å². The van der Waals surface area contributed by atoms with Crippen LogP contribution < -0.4 is 10.6 Å². The van der Waals surface area contributed by atoms with E-state index in [1.54, 1.807) is 19.2 Å². The molecule has 1 fully saturated rings. The van der Waals surface area contributed by atoms with Crippen molar-refractivity contribution in [3.8, 4) is 0 Å². The van der Waals surface area contributed by atoms with E-state index in [0.717, 1.165) is 31.8 Å².